The zero-order valence-electron chi connectivity index (χ0n) is 12.0. The lowest BCUT2D eigenvalue weighted by molar-refractivity contribution is -0.133. The van der Waals surface area contributed by atoms with Crippen LogP contribution < -0.4 is 0 Å². The number of rotatable bonds is 6. The van der Waals surface area contributed by atoms with Crippen molar-refractivity contribution in [2.75, 3.05) is 13.2 Å². The fraction of sp³-hybridized carbons (Fsp3) is 0.933. The third-order valence-corrected chi connectivity index (χ3v) is 4.36. The van der Waals surface area contributed by atoms with Crippen molar-refractivity contribution in [3.63, 3.8) is 0 Å². The van der Waals surface area contributed by atoms with Gasteiger partial charge in [-0.25, -0.2) is 0 Å². The van der Waals surface area contributed by atoms with Gasteiger partial charge < -0.3 is 9.64 Å². The molecule has 0 unspecified atom stereocenters. The van der Waals surface area contributed by atoms with Gasteiger partial charge in [0.25, 0.3) is 0 Å². The van der Waals surface area contributed by atoms with Crippen molar-refractivity contribution >= 4 is 5.91 Å². The lowest BCUT2D eigenvalue weighted by Crippen LogP contribution is -2.39. The molecule has 3 heteroatoms. The highest BCUT2D eigenvalue weighted by Gasteiger charge is 2.35. The van der Waals surface area contributed by atoms with E-state index >= 15 is 0 Å². The second-order valence-corrected chi connectivity index (χ2v) is 6.29. The molecule has 3 atom stereocenters. The highest BCUT2D eigenvalue weighted by atomic mass is 16.5. The molecule has 1 aliphatic heterocycles. The molecule has 2 rings (SSSR count). The number of carbonyl (C=O) groups excluding carboxylic acids is 1. The van der Waals surface area contributed by atoms with Crippen molar-refractivity contribution < 1.29 is 9.53 Å². The topological polar surface area (TPSA) is 29.5 Å². The Labute approximate surface area is 111 Å². The minimum atomic E-state index is 0.319. The summed E-state index contributed by atoms with van der Waals surface area (Å²) < 4.78 is 5.58. The van der Waals surface area contributed by atoms with Crippen molar-refractivity contribution in [2.45, 2.75) is 65.0 Å². The van der Waals surface area contributed by atoms with Crippen molar-refractivity contribution in [3.05, 3.63) is 0 Å². The fourth-order valence-electron chi connectivity index (χ4n) is 2.81. The van der Waals surface area contributed by atoms with Gasteiger partial charge in [-0.05, 0) is 51.4 Å². The van der Waals surface area contributed by atoms with Crippen LogP contribution in [0.25, 0.3) is 0 Å². The summed E-state index contributed by atoms with van der Waals surface area (Å²) in [6.45, 7) is 8.36. The summed E-state index contributed by atoms with van der Waals surface area (Å²) in [6.07, 6.45) is 5.48. The molecule has 0 aromatic carbocycles. The summed E-state index contributed by atoms with van der Waals surface area (Å²) in [6, 6.07) is 0.329. The van der Waals surface area contributed by atoms with Crippen molar-refractivity contribution in [1.29, 1.82) is 0 Å². The third kappa shape index (κ3) is 3.71. The van der Waals surface area contributed by atoms with Gasteiger partial charge in [-0.1, -0.05) is 6.92 Å². The minimum Gasteiger partial charge on any atom is -0.378 e. The van der Waals surface area contributed by atoms with E-state index in [1.165, 1.54) is 6.42 Å². The predicted octanol–water partition coefficient (Wildman–Crippen LogP) is 2.84. The highest BCUT2D eigenvalue weighted by molar-refractivity contribution is 5.76. The first-order valence-electron chi connectivity index (χ1n) is 7.49. The van der Waals surface area contributed by atoms with E-state index in [0.29, 0.717) is 24.5 Å². The molecule has 1 amide bonds. The molecule has 2 aliphatic rings. The predicted molar refractivity (Wildman–Crippen MR) is 72.3 cm³/mol. The van der Waals surface area contributed by atoms with Crippen LogP contribution in [0.2, 0.25) is 0 Å². The summed E-state index contributed by atoms with van der Waals surface area (Å²) >= 11 is 0. The molecule has 2 fully saturated rings. The minimum absolute atomic E-state index is 0.319. The van der Waals surface area contributed by atoms with Crippen LogP contribution in [-0.2, 0) is 9.53 Å². The molecule has 0 aromatic rings. The van der Waals surface area contributed by atoms with E-state index in [4.69, 9.17) is 4.74 Å². The third-order valence-electron chi connectivity index (χ3n) is 4.36. The van der Waals surface area contributed by atoms with Gasteiger partial charge in [0, 0.05) is 25.6 Å². The van der Waals surface area contributed by atoms with E-state index in [-0.39, 0.29) is 0 Å². The molecular formula is C15H27NO2. The number of ether oxygens (including phenoxy) is 1. The first-order chi connectivity index (χ1) is 8.58. The van der Waals surface area contributed by atoms with Crippen molar-refractivity contribution in [2.24, 2.45) is 11.8 Å². The number of carbonyl (C=O) groups is 1. The van der Waals surface area contributed by atoms with Crippen LogP contribution in [0, 0.1) is 11.8 Å². The van der Waals surface area contributed by atoms with E-state index in [1.807, 2.05) is 0 Å². The Hall–Kier alpha value is -0.570. The smallest absolute Gasteiger partial charge is 0.222 e. The average Bonchev–Trinajstić information content (AvgIpc) is 2.81. The van der Waals surface area contributed by atoms with Crippen LogP contribution in [0.4, 0.5) is 0 Å². The molecule has 1 saturated heterocycles. The summed E-state index contributed by atoms with van der Waals surface area (Å²) in [5.74, 6) is 1.89. The molecule has 0 radical (unpaired) electrons. The number of nitrogens with zero attached hydrogens (tertiary/aromatic N) is 1. The van der Waals surface area contributed by atoms with Crippen LogP contribution in [0.3, 0.4) is 0 Å². The highest BCUT2D eigenvalue weighted by Crippen LogP contribution is 2.38. The molecular weight excluding hydrogens is 226 g/mol. The van der Waals surface area contributed by atoms with Crippen LogP contribution in [0.5, 0.6) is 0 Å². The van der Waals surface area contributed by atoms with Gasteiger partial charge in [-0.15, -0.1) is 0 Å². The van der Waals surface area contributed by atoms with Gasteiger partial charge >= 0.3 is 0 Å². The maximum atomic E-state index is 12.3. The van der Waals surface area contributed by atoms with Gasteiger partial charge in [0.2, 0.25) is 5.91 Å². The van der Waals surface area contributed by atoms with E-state index in [0.717, 1.165) is 44.2 Å². The number of hydrogen-bond acceptors (Lipinski definition) is 2. The van der Waals surface area contributed by atoms with Crippen LogP contribution in [0.15, 0.2) is 0 Å². The molecule has 0 N–H and O–H groups in total. The molecule has 3 nitrogen and oxygen atoms in total. The summed E-state index contributed by atoms with van der Waals surface area (Å²) in [5.41, 5.74) is 0. The Morgan fingerprint density at radius 2 is 2.17 bits per heavy atom. The maximum Gasteiger partial charge on any atom is 0.222 e. The van der Waals surface area contributed by atoms with Crippen LogP contribution in [0.1, 0.15) is 52.9 Å². The largest absolute Gasteiger partial charge is 0.378 e. The first-order valence-corrected chi connectivity index (χ1v) is 7.49. The van der Waals surface area contributed by atoms with Crippen LogP contribution in [-0.4, -0.2) is 36.1 Å². The quantitative estimate of drug-likeness (QED) is 0.728. The van der Waals surface area contributed by atoms with E-state index < -0.39 is 0 Å². The molecule has 18 heavy (non-hydrogen) atoms. The molecule has 1 heterocycles. The maximum absolute atomic E-state index is 12.3. The molecule has 0 bridgehead atoms. The standard InChI is InChI=1S/C15H27NO2/c1-11(2)16(10-13-9-12(13)3)15(17)7-6-14-5-4-8-18-14/h11-14H,4-10H2,1-3H3/t12-,13+,14-/m1/s1. The van der Waals surface area contributed by atoms with Crippen LogP contribution >= 0.6 is 0 Å². The average molecular weight is 253 g/mol. The Kier molecular flexibility index (Phi) is 4.66. The molecule has 0 spiro atoms. The molecule has 1 aliphatic carbocycles. The molecule has 1 saturated carbocycles. The van der Waals surface area contributed by atoms with Gasteiger partial charge in [0.05, 0.1) is 6.10 Å². The van der Waals surface area contributed by atoms with Gasteiger partial charge in [0.1, 0.15) is 0 Å². The monoisotopic (exact) mass is 253 g/mol. The zero-order chi connectivity index (χ0) is 13.1. The summed E-state index contributed by atoms with van der Waals surface area (Å²) in [4.78, 5) is 14.4. The SMILES string of the molecule is CC(C)N(C[C@@H]1C[C@H]1C)C(=O)CC[C@H]1CCCO1. The lowest BCUT2D eigenvalue weighted by atomic mass is 10.1. The second kappa shape index (κ2) is 6.05. The second-order valence-electron chi connectivity index (χ2n) is 6.29. The Balaban J connectivity index is 1.75. The molecule has 104 valence electrons. The van der Waals surface area contributed by atoms with Crippen molar-refractivity contribution in [1.82, 2.24) is 4.90 Å². The van der Waals surface area contributed by atoms with Gasteiger partial charge in [0.15, 0.2) is 0 Å². The fourth-order valence-corrected chi connectivity index (χ4v) is 2.81. The summed E-state index contributed by atoms with van der Waals surface area (Å²) in [7, 11) is 0. The zero-order valence-corrected chi connectivity index (χ0v) is 12.0. The number of amides is 1. The normalized spacial score (nSPS) is 30.8. The Morgan fingerprint density at radius 1 is 1.44 bits per heavy atom. The Morgan fingerprint density at radius 3 is 2.67 bits per heavy atom. The van der Waals surface area contributed by atoms with Crippen molar-refractivity contribution in [3.8, 4) is 0 Å². The molecule has 0 aromatic heterocycles. The number of hydrogen-bond donors (Lipinski definition) is 0. The summed E-state index contributed by atoms with van der Waals surface area (Å²) in [5, 5.41) is 0. The lowest BCUT2D eigenvalue weighted by Gasteiger charge is -2.27. The Bertz CT molecular complexity index is 284. The van der Waals surface area contributed by atoms with E-state index in [9.17, 15) is 4.79 Å². The van der Waals surface area contributed by atoms with E-state index in [2.05, 4.69) is 25.7 Å². The van der Waals surface area contributed by atoms with Gasteiger partial charge in [-0.2, -0.15) is 0 Å². The van der Waals surface area contributed by atoms with Gasteiger partial charge in [-0.3, -0.25) is 4.79 Å². The first kappa shape index (κ1) is 13.9. The van der Waals surface area contributed by atoms with E-state index in [1.54, 1.807) is 0 Å².